The van der Waals surface area contributed by atoms with Crippen molar-refractivity contribution in [2.24, 2.45) is 11.8 Å². The average Bonchev–Trinajstić information content (AvgIpc) is 2.21. The molecule has 0 heterocycles. The van der Waals surface area contributed by atoms with E-state index in [2.05, 4.69) is 27.0 Å². The molecule has 0 aliphatic heterocycles. The van der Waals surface area contributed by atoms with Crippen LogP contribution in [0.2, 0.25) is 0 Å². The summed E-state index contributed by atoms with van der Waals surface area (Å²) in [5, 5.41) is 0. The van der Waals surface area contributed by atoms with Gasteiger partial charge in [0.25, 0.3) is 0 Å². The van der Waals surface area contributed by atoms with Gasteiger partial charge >= 0.3 is 0 Å². The number of hydrogen-bond donors (Lipinski definition) is 0. The molecule has 1 atom stereocenters. The van der Waals surface area contributed by atoms with E-state index in [1.54, 1.807) is 0 Å². The summed E-state index contributed by atoms with van der Waals surface area (Å²) in [7, 11) is 0. The first-order valence-corrected chi connectivity index (χ1v) is 6.44. The highest BCUT2D eigenvalue weighted by atomic mass is 14.3. The molecule has 15 heavy (non-hydrogen) atoms. The summed E-state index contributed by atoms with van der Waals surface area (Å²) in [5.41, 5.74) is 2.81. The molecule has 0 aromatic heterocycles. The van der Waals surface area contributed by atoms with E-state index in [0.717, 1.165) is 11.8 Å². The SMILES string of the molecule is C=C(C)CCC(CC)C1CCC(=C)CC1. The molecule has 1 unspecified atom stereocenters. The molecule has 0 bridgehead atoms. The highest BCUT2D eigenvalue weighted by molar-refractivity contribution is 4.99. The van der Waals surface area contributed by atoms with Gasteiger partial charge in [-0.15, -0.1) is 6.58 Å². The predicted octanol–water partition coefficient (Wildman–Crippen LogP) is 5.12. The van der Waals surface area contributed by atoms with Crippen LogP contribution in [0.1, 0.15) is 58.8 Å². The van der Waals surface area contributed by atoms with E-state index in [4.69, 9.17) is 0 Å². The fourth-order valence-corrected chi connectivity index (χ4v) is 2.72. The van der Waals surface area contributed by atoms with Gasteiger partial charge < -0.3 is 0 Å². The van der Waals surface area contributed by atoms with Crippen LogP contribution in [0.15, 0.2) is 24.3 Å². The molecule has 0 aromatic carbocycles. The number of allylic oxidation sites excluding steroid dienone is 2. The third-order valence-corrected chi connectivity index (χ3v) is 3.87. The highest BCUT2D eigenvalue weighted by Crippen LogP contribution is 2.36. The fourth-order valence-electron chi connectivity index (χ4n) is 2.72. The minimum absolute atomic E-state index is 0.926. The van der Waals surface area contributed by atoms with Gasteiger partial charge in [-0.25, -0.2) is 0 Å². The van der Waals surface area contributed by atoms with E-state index in [1.807, 2.05) is 0 Å². The van der Waals surface area contributed by atoms with Gasteiger partial charge in [-0.2, -0.15) is 0 Å². The predicted molar refractivity (Wildman–Crippen MR) is 68.9 cm³/mol. The first kappa shape index (κ1) is 12.5. The Hall–Kier alpha value is -0.520. The molecule has 86 valence electrons. The Balaban J connectivity index is 2.37. The Bertz CT molecular complexity index is 214. The molecule has 1 aliphatic carbocycles. The Morgan fingerprint density at radius 3 is 2.47 bits per heavy atom. The second kappa shape index (κ2) is 6.15. The summed E-state index contributed by atoms with van der Waals surface area (Å²) < 4.78 is 0. The van der Waals surface area contributed by atoms with Crippen LogP contribution in [0, 0.1) is 11.8 Å². The molecule has 0 radical (unpaired) electrons. The first-order chi connectivity index (χ1) is 7.13. The minimum atomic E-state index is 0.926. The van der Waals surface area contributed by atoms with Gasteiger partial charge in [0, 0.05) is 0 Å². The summed E-state index contributed by atoms with van der Waals surface area (Å²) in [6.07, 6.45) is 9.22. The molecule has 1 saturated carbocycles. The second-order valence-corrected chi connectivity index (χ2v) is 5.25. The van der Waals surface area contributed by atoms with Crippen molar-refractivity contribution in [1.29, 1.82) is 0 Å². The van der Waals surface area contributed by atoms with Gasteiger partial charge in [0.05, 0.1) is 0 Å². The summed E-state index contributed by atoms with van der Waals surface area (Å²) in [4.78, 5) is 0. The lowest BCUT2D eigenvalue weighted by Gasteiger charge is -2.30. The Kier molecular flexibility index (Phi) is 5.14. The average molecular weight is 206 g/mol. The van der Waals surface area contributed by atoms with Crippen LogP contribution in [0.4, 0.5) is 0 Å². The van der Waals surface area contributed by atoms with Crippen LogP contribution in [0.5, 0.6) is 0 Å². The van der Waals surface area contributed by atoms with Crippen molar-refractivity contribution in [3.05, 3.63) is 24.3 Å². The molecule has 0 heteroatoms. The molecule has 0 aromatic rings. The maximum absolute atomic E-state index is 4.09. The smallest absolute Gasteiger partial charge is 0.0320 e. The standard InChI is InChI=1S/C15H26/c1-5-14(9-6-12(2)3)15-10-7-13(4)8-11-15/h14-15H,2,4-11H2,1,3H3. The van der Waals surface area contributed by atoms with Crippen LogP contribution in [-0.2, 0) is 0 Å². The normalized spacial score (nSPS) is 20.3. The minimum Gasteiger partial charge on any atom is -0.100 e. The Morgan fingerprint density at radius 2 is 2.00 bits per heavy atom. The summed E-state index contributed by atoms with van der Waals surface area (Å²) in [6.45, 7) is 12.6. The highest BCUT2D eigenvalue weighted by Gasteiger charge is 2.22. The zero-order valence-electron chi connectivity index (χ0n) is 10.5. The van der Waals surface area contributed by atoms with Gasteiger partial charge in [0.2, 0.25) is 0 Å². The molecule has 0 spiro atoms. The van der Waals surface area contributed by atoms with Gasteiger partial charge in [0.15, 0.2) is 0 Å². The van der Waals surface area contributed by atoms with E-state index in [0.29, 0.717) is 0 Å². The molecule has 1 aliphatic rings. The van der Waals surface area contributed by atoms with Crippen molar-refractivity contribution in [3.8, 4) is 0 Å². The van der Waals surface area contributed by atoms with Crippen LogP contribution in [-0.4, -0.2) is 0 Å². The zero-order valence-corrected chi connectivity index (χ0v) is 10.5. The maximum atomic E-state index is 4.09. The summed E-state index contributed by atoms with van der Waals surface area (Å²) >= 11 is 0. The second-order valence-electron chi connectivity index (χ2n) is 5.25. The Labute approximate surface area is 95.5 Å². The van der Waals surface area contributed by atoms with Crippen LogP contribution in [0.25, 0.3) is 0 Å². The topological polar surface area (TPSA) is 0 Å². The molecule has 0 amide bonds. The van der Waals surface area contributed by atoms with Gasteiger partial charge in [0.1, 0.15) is 0 Å². The number of rotatable bonds is 5. The molecule has 0 N–H and O–H groups in total. The third kappa shape index (κ3) is 4.24. The molecular weight excluding hydrogens is 180 g/mol. The van der Waals surface area contributed by atoms with Crippen LogP contribution < -0.4 is 0 Å². The van der Waals surface area contributed by atoms with Gasteiger partial charge in [-0.3, -0.25) is 0 Å². The zero-order chi connectivity index (χ0) is 11.3. The fraction of sp³-hybridized carbons (Fsp3) is 0.733. The molecule has 0 nitrogen and oxygen atoms in total. The van der Waals surface area contributed by atoms with E-state index in [-0.39, 0.29) is 0 Å². The maximum Gasteiger partial charge on any atom is -0.0320 e. The Morgan fingerprint density at radius 1 is 1.40 bits per heavy atom. The molecule has 1 rings (SSSR count). The lowest BCUT2D eigenvalue weighted by atomic mass is 9.75. The third-order valence-electron chi connectivity index (χ3n) is 3.87. The monoisotopic (exact) mass is 206 g/mol. The first-order valence-electron chi connectivity index (χ1n) is 6.44. The van der Waals surface area contributed by atoms with Crippen molar-refractivity contribution in [1.82, 2.24) is 0 Å². The van der Waals surface area contributed by atoms with Crippen LogP contribution >= 0.6 is 0 Å². The molecular formula is C15H26. The summed E-state index contributed by atoms with van der Waals surface area (Å²) in [5.74, 6) is 1.88. The van der Waals surface area contributed by atoms with Crippen molar-refractivity contribution >= 4 is 0 Å². The van der Waals surface area contributed by atoms with E-state index in [9.17, 15) is 0 Å². The van der Waals surface area contributed by atoms with Gasteiger partial charge in [-0.05, 0) is 57.3 Å². The quantitative estimate of drug-likeness (QED) is 0.548. The lowest BCUT2D eigenvalue weighted by molar-refractivity contribution is 0.252. The molecule has 1 fully saturated rings. The van der Waals surface area contributed by atoms with Gasteiger partial charge in [-0.1, -0.05) is 31.1 Å². The van der Waals surface area contributed by atoms with E-state index in [1.165, 1.54) is 56.1 Å². The lowest BCUT2D eigenvalue weighted by Crippen LogP contribution is -2.18. The van der Waals surface area contributed by atoms with Crippen molar-refractivity contribution in [3.63, 3.8) is 0 Å². The largest absolute Gasteiger partial charge is 0.100 e. The molecule has 0 saturated heterocycles. The van der Waals surface area contributed by atoms with Crippen molar-refractivity contribution < 1.29 is 0 Å². The van der Waals surface area contributed by atoms with E-state index < -0.39 is 0 Å². The van der Waals surface area contributed by atoms with Crippen LogP contribution in [0.3, 0.4) is 0 Å². The summed E-state index contributed by atoms with van der Waals surface area (Å²) in [6, 6.07) is 0. The van der Waals surface area contributed by atoms with E-state index >= 15 is 0 Å². The van der Waals surface area contributed by atoms with Crippen molar-refractivity contribution in [2.75, 3.05) is 0 Å². The number of hydrogen-bond acceptors (Lipinski definition) is 0. The van der Waals surface area contributed by atoms with Crippen molar-refractivity contribution in [2.45, 2.75) is 58.8 Å².